The molecule has 1 saturated carbocycles. The van der Waals surface area contributed by atoms with Gasteiger partial charge < -0.3 is 16.2 Å². The van der Waals surface area contributed by atoms with Gasteiger partial charge in [-0.05, 0) is 25.2 Å². The van der Waals surface area contributed by atoms with E-state index in [2.05, 4.69) is 5.32 Å². The van der Waals surface area contributed by atoms with Crippen molar-refractivity contribution in [1.29, 1.82) is 0 Å². The van der Waals surface area contributed by atoms with Crippen molar-refractivity contribution >= 4 is 11.9 Å². The van der Waals surface area contributed by atoms with E-state index in [1.54, 1.807) is 6.92 Å². The molecule has 1 fully saturated rings. The van der Waals surface area contributed by atoms with Gasteiger partial charge in [0.1, 0.15) is 0 Å². The molecule has 0 spiro atoms. The third-order valence-corrected chi connectivity index (χ3v) is 3.98. The van der Waals surface area contributed by atoms with Crippen LogP contribution in [0.2, 0.25) is 0 Å². The van der Waals surface area contributed by atoms with Gasteiger partial charge in [0.05, 0.1) is 11.5 Å². The van der Waals surface area contributed by atoms with Gasteiger partial charge in [0.2, 0.25) is 5.91 Å². The van der Waals surface area contributed by atoms with Crippen LogP contribution in [0.15, 0.2) is 0 Å². The normalized spacial score (nSPS) is 29.9. The monoisotopic (exact) mass is 256 g/mol. The van der Waals surface area contributed by atoms with E-state index in [9.17, 15) is 14.7 Å². The molecular formula is C13H24N2O3. The van der Waals surface area contributed by atoms with Gasteiger partial charge in [0.25, 0.3) is 0 Å². The number of rotatable bonds is 3. The number of carboxylic acids is 1. The van der Waals surface area contributed by atoms with Crippen LogP contribution >= 0.6 is 0 Å². The second-order valence-electron chi connectivity index (χ2n) is 6.52. The fourth-order valence-electron chi connectivity index (χ4n) is 2.31. The molecule has 0 aliphatic heterocycles. The molecule has 0 radical (unpaired) electrons. The Balaban J connectivity index is 2.74. The number of carboxylic acid groups (broad SMARTS) is 1. The molecule has 0 saturated heterocycles. The summed E-state index contributed by atoms with van der Waals surface area (Å²) >= 11 is 0. The van der Waals surface area contributed by atoms with E-state index < -0.39 is 17.4 Å². The first kappa shape index (κ1) is 15.0. The SMILES string of the molecule is CC1(C(=O)O)CCCC1NC(=O)[C@@H](N)C(C)(C)C. The zero-order valence-corrected chi connectivity index (χ0v) is 11.6. The zero-order valence-electron chi connectivity index (χ0n) is 11.6. The van der Waals surface area contributed by atoms with Crippen LogP contribution in [0.4, 0.5) is 0 Å². The minimum Gasteiger partial charge on any atom is -0.481 e. The van der Waals surface area contributed by atoms with Crippen molar-refractivity contribution in [2.24, 2.45) is 16.6 Å². The standard InChI is InChI=1S/C13H24N2O3/c1-12(2,3)9(14)10(16)15-8-6-5-7-13(8,4)11(17)18/h8-9H,5-7,14H2,1-4H3,(H,15,16)(H,17,18)/t8?,9-,13?/m1/s1. The molecule has 4 N–H and O–H groups in total. The Labute approximate surface area is 108 Å². The Bertz CT molecular complexity index is 349. The van der Waals surface area contributed by atoms with Crippen molar-refractivity contribution in [3.8, 4) is 0 Å². The average molecular weight is 256 g/mol. The molecule has 0 bridgehead atoms. The quantitative estimate of drug-likeness (QED) is 0.705. The zero-order chi connectivity index (χ0) is 14.1. The number of amides is 1. The molecule has 1 aliphatic rings. The van der Waals surface area contributed by atoms with Gasteiger partial charge in [0, 0.05) is 6.04 Å². The summed E-state index contributed by atoms with van der Waals surface area (Å²) in [4.78, 5) is 23.3. The van der Waals surface area contributed by atoms with Crippen molar-refractivity contribution < 1.29 is 14.7 Å². The fourth-order valence-corrected chi connectivity index (χ4v) is 2.31. The molecule has 0 aromatic carbocycles. The van der Waals surface area contributed by atoms with Gasteiger partial charge in [-0.25, -0.2) is 0 Å². The smallest absolute Gasteiger partial charge is 0.311 e. The van der Waals surface area contributed by atoms with Crippen LogP contribution in [0.25, 0.3) is 0 Å². The van der Waals surface area contributed by atoms with Crippen molar-refractivity contribution in [1.82, 2.24) is 5.32 Å². The number of hydrogen-bond donors (Lipinski definition) is 3. The highest BCUT2D eigenvalue weighted by Gasteiger charge is 2.46. The molecule has 1 amide bonds. The maximum atomic E-state index is 12.0. The summed E-state index contributed by atoms with van der Waals surface area (Å²) in [7, 11) is 0. The first-order valence-corrected chi connectivity index (χ1v) is 6.38. The van der Waals surface area contributed by atoms with E-state index in [0.29, 0.717) is 12.8 Å². The second kappa shape index (κ2) is 4.88. The molecule has 1 rings (SSSR count). The second-order valence-corrected chi connectivity index (χ2v) is 6.52. The van der Waals surface area contributed by atoms with Crippen LogP contribution < -0.4 is 11.1 Å². The lowest BCUT2D eigenvalue weighted by molar-refractivity contribution is -0.149. The number of hydrogen-bond acceptors (Lipinski definition) is 3. The van der Waals surface area contributed by atoms with Crippen LogP contribution in [0.5, 0.6) is 0 Å². The molecule has 5 nitrogen and oxygen atoms in total. The minimum atomic E-state index is -0.868. The number of aliphatic carboxylic acids is 1. The average Bonchev–Trinajstić information content (AvgIpc) is 2.59. The third kappa shape index (κ3) is 2.83. The molecule has 18 heavy (non-hydrogen) atoms. The molecular weight excluding hydrogens is 232 g/mol. The minimum absolute atomic E-state index is 0.262. The van der Waals surface area contributed by atoms with Crippen LogP contribution in [-0.2, 0) is 9.59 Å². The highest BCUT2D eigenvalue weighted by molar-refractivity contribution is 5.84. The Morgan fingerprint density at radius 1 is 1.44 bits per heavy atom. The molecule has 2 unspecified atom stereocenters. The Morgan fingerprint density at radius 3 is 2.44 bits per heavy atom. The Morgan fingerprint density at radius 2 is 2.00 bits per heavy atom. The van der Waals surface area contributed by atoms with E-state index in [1.807, 2.05) is 20.8 Å². The predicted molar refractivity (Wildman–Crippen MR) is 69.0 cm³/mol. The summed E-state index contributed by atoms with van der Waals surface area (Å²) in [5.41, 5.74) is 4.68. The van der Waals surface area contributed by atoms with E-state index in [0.717, 1.165) is 6.42 Å². The van der Waals surface area contributed by atoms with Crippen molar-refractivity contribution in [2.75, 3.05) is 0 Å². The molecule has 1 aliphatic carbocycles. The lowest BCUT2D eigenvalue weighted by atomic mass is 9.83. The van der Waals surface area contributed by atoms with Gasteiger partial charge in [-0.3, -0.25) is 9.59 Å². The van der Waals surface area contributed by atoms with Crippen molar-refractivity contribution in [2.45, 2.75) is 59.0 Å². The van der Waals surface area contributed by atoms with Gasteiger partial charge >= 0.3 is 5.97 Å². The van der Waals surface area contributed by atoms with Crippen LogP contribution in [0.1, 0.15) is 47.0 Å². The Hall–Kier alpha value is -1.10. The lowest BCUT2D eigenvalue weighted by Gasteiger charge is -2.31. The number of nitrogens with two attached hydrogens (primary N) is 1. The van der Waals surface area contributed by atoms with Gasteiger partial charge in [-0.1, -0.05) is 27.2 Å². The summed E-state index contributed by atoms with van der Waals surface area (Å²) in [6.45, 7) is 7.36. The first-order valence-electron chi connectivity index (χ1n) is 6.38. The van der Waals surface area contributed by atoms with Crippen LogP contribution in [0.3, 0.4) is 0 Å². The van der Waals surface area contributed by atoms with Crippen LogP contribution in [0, 0.1) is 10.8 Å². The molecule has 3 atom stereocenters. The molecule has 0 heterocycles. The van der Waals surface area contributed by atoms with Crippen molar-refractivity contribution in [3.63, 3.8) is 0 Å². The summed E-state index contributed by atoms with van der Waals surface area (Å²) in [5, 5.41) is 12.1. The molecule has 5 heteroatoms. The van der Waals surface area contributed by atoms with E-state index in [4.69, 9.17) is 5.73 Å². The number of nitrogens with one attached hydrogen (secondary N) is 1. The highest BCUT2D eigenvalue weighted by Crippen LogP contribution is 2.38. The van der Waals surface area contributed by atoms with Gasteiger partial charge in [-0.2, -0.15) is 0 Å². The van der Waals surface area contributed by atoms with E-state index in [1.165, 1.54) is 0 Å². The van der Waals surface area contributed by atoms with Crippen LogP contribution in [-0.4, -0.2) is 29.1 Å². The Kier molecular flexibility index (Phi) is 4.05. The van der Waals surface area contributed by atoms with Gasteiger partial charge in [0.15, 0.2) is 0 Å². The topological polar surface area (TPSA) is 92.4 Å². The summed E-state index contributed by atoms with van der Waals surface area (Å²) in [6.07, 6.45) is 2.11. The number of carbonyl (C=O) groups excluding carboxylic acids is 1. The number of carbonyl (C=O) groups is 2. The maximum Gasteiger partial charge on any atom is 0.311 e. The summed E-state index contributed by atoms with van der Waals surface area (Å²) in [5.74, 6) is -1.11. The highest BCUT2D eigenvalue weighted by atomic mass is 16.4. The summed E-state index contributed by atoms with van der Waals surface area (Å²) < 4.78 is 0. The van der Waals surface area contributed by atoms with E-state index >= 15 is 0 Å². The maximum absolute atomic E-state index is 12.0. The predicted octanol–water partition coefficient (Wildman–Crippen LogP) is 1.12. The molecule has 104 valence electrons. The molecule has 0 aromatic heterocycles. The summed E-state index contributed by atoms with van der Waals surface area (Å²) in [6, 6.07) is -0.952. The molecule has 0 aromatic rings. The van der Waals surface area contributed by atoms with Gasteiger partial charge in [-0.15, -0.1) is 0 Å². The van der Waals surface area contributed by atoms with E-state index in [-0.39, 0.29) is 17.4 Å². The van der Waals surface area contributed by atoms with Crippen molar-refractivity contribution in [3.05, 3.63) is 0 Å². The largest absolute Gasteiger partial charge is 0.481 e. The fraction of sp³-hybridized carbons (Fsp3) is 0.846. The lowest BCUT2D eigenvalue weighted by Crippen LogP contribution is -2.55. The third-order valence-electron chi connectivity index (χ3n) is 3.98. The first-order chi connectivity index (χ1) is 8.09.